The van der Waals surface area contributed by atoms with Crippen LogP contribution >= 0.6 is 0 Å². The molecule has 30 heavy (non-hydrogen) atoms. The number of hydrogen-bond acceptors (Lipinski definition) is 3. The van der Waals surface area contributed by atoms with Gasteiger partial charge in [0.05, 0.1) is 12.2 Å². The largest absolute Gasteiger partial charge is 0.413 e. The minimum absolute atomic E-state index is 0.0452. The Morgan fingerprint density at radius 2 is 1.73 bits per heavy atom. The van der Waals surface area contributed by atoms with Gasteiger partial charge in [-0.3, -0.25) is 0 Å². The Bertz CT molecular complexity index is 634. The van der Waals surface area contributed by atoms with Gasteiger partial charge < -0.3 is 14.3 Å². The van der Waals surface area contributed by atoms with Gasteiger partial charge in [0.1, 0.15) is 6.29 Å². The molecule has 1 fully saturated rings. The van der Waals surface area contributed by atoms with Crippen LogP contribution in [0.2, 0.25) is 18.1 Å². The second-order valence-electron chi connectivity index (χ2n) is 12.0. The molecular formula is C26H48O3Si. The lowest BCUT2D eigenvalue weighted by molar-refractivity contribution is -0.119. The van der Waals surface area contributed by atoms with Crippen LogP contribution in [0.5, 0.6) is 0 Å². The molecule has 0 bridgehead atoms. The molecular weight excluding hydrogens is 388 g/mol. The van der Waals surface area contributed by atoms with Gasteiger partial charge in [0.15, 0.2) is 8.32 Å². The molecule has 1 rings (SSSR count). The minimum Gasteiger partial charge on any atom is -0.413 e. The van der Waals surface area contributed by atoms with Crippen LogP contribution in [0.15, 0.2) is 23.3 Å². The molecule has 1 saturated carbocycles. The second kappa shape index (κ2) is 10.3. The summed E-state index contributed by atoms with van der Waals surface area (Å²) in [4.78, 5) is 11.8. The van der Waals surface area contributed by atoms with E-state index in [0.29, 0.717) is 0 Å². The maximum Gasteiger partial charge on any atom is 0.192 e. The fraction of sp³-hybridized carbons (Fsp3) is 0.808. The molecule has 1 aliphatic rings. The first-order chi connectivity index (χ1) is 13.5. The molecule has 1 aliphatic carbocycles. The van der Waals surface area contributed by atoms with Gasteiger partial charge in [0.25, 0.3) is 0 Å². The first-order valence-electron chi connectivity index (χ1n) is 11.7. The van der Waals surface area contributed by atoms with Crippen LogP contribution in [-0.4, -0.2) is 31.9 Å². The summed E-state index contributed by atoms with van der Waals surface area (Å²) in [5, 5.41) is 10.7. The summed E-state index contributed by atoms with van der Waals surface area (Å²) in [6.45, 7) is 22.4. The topological polar surface area (TPSA) is 46.5 Å². The first kappa shape index (κ1) is 27.3. The van der Waals surface area contributed by atoms with E-state index >= 15 is 0 Å². The molecule has 4 heteroatoms. The maximum atomic E-state index is 11.8. The van der Waals surface area contributed by atoms with Crippen molar-refractivity contribution in [2.75, 3.05) is 6.61 Å². The predicted molar refractivity (Wildman–Crippen MR) is 131 cm³/mol. The smallest absolute Gasteiger partial charge is 0.192 e. The molecule has 0 spiro atoms. The predicted octanol–water partition coefficient (Wildman–Crippen LogP) is 7.07. The molecule has 0 radical (unpaired) electrons. The fourth-order valence-corrected chi connectivity index (χ4v) is 5.25. The summed E-state index contributed by atoms with van der Waals surface area (Å²) >= 11 is 0. The molecule has 0 aliphatic heterocycles. The highest BCUT2D eigenvalue weighted by Crippen LogP contribution is 2.52. The van der Waals surface area contributed by atoms with Crippen molar-refractivity contribution in [1.29, 1.82) is 0 Å². The molecule has 0 saturated heterocycles. The van der Waals surface area contributed by atoms with Crippen molar-refractivity contribution in [3.63, 3.8) is 0 Å². The highest BCUT2D eigenvalue weighted by atomic mass is 28.4. The lowest BCUT2D eigenvalue weighted by Crippen LogP contribution is -2.41. The minimum atomic E-state index is -1.69. The van der Waals surface area contributed by atoms with Gasteiger partial charge in [-0.1, -0.05) is 51.0 Å². The van der Waals surface area contributed by atoms with E-state index in [9.17, 15) is 9.90 Å². The van der Waals surface area contributed by atoms with Gasteiger partial charge in [-0.15, -0.1) is 0 Å². The summed E-state index contributed by atoms with van der Waals surface area (Å²) in [7, 11) is -1.69. The first-order valence-corrected chi connectivity index (χ1v) is 14.6. The highest BCUT2D eigenvalue weighted by molar-refractivity contribution is 6.74. The van der Waals surface area contributed by atoms with E-state index in [1.54, 1.807) is 0 Å². The molecule has 0 aromatic heterocycles. The molecule has 0 heterocycles. The van der Waals surface area contributed by atoms with E-state index in [4.69, 9.17) is 4.43 Å². The number of allylic oxidation sites excluding steroid dienone is 3. The molecule has 0 aromatic rings. The van der Waals surface area contributed by atoms with Crippen molar-refractivity contribution >= 4 is 14.6 Å². The van der Waals surface area contributed by atoms with Crippen molar-refractivity contribution in [3.8, 4) is 0 Å². The van der Waals surface area contributed by atoms with Crippen LogP contribution in [0.4, 0.5) is 0 Å². The van der Waals surface area contributed by atoms with Gasteiger partial charge in [-0.2, -0.15) is 0 Å². The third kappa shape index (κ3) is 7.46. The van der Waals surface area contributed by atoms with Gasteiger partial charge in [0, 0.05) is 5.92 Å². The van der Waals surface area contributed by atoms with E-state index in [1.807, 2.05) is 13.8 Å². The van der Waals surface area contributed by atoms with Gasteiger partial charge in [0.2, 0.25) is 0 Å². The van der Waals surface area contributed by atoms with Crippen LogP contribution in [-0.2, 0) is 9.22 Å². The van der Waals surface area contributed by atoms with E-state index in [1.165, 1.54) is 11.1 Å². The summed E-state index contributed by atoms with van der Waals surface area (Å²) in [6, 6.07) is 0. The fourth-order valence-electron chi connectivity index (χ4n) is 4.23. The van der Waals surface area contributed by atoms with Crippen LogP contribution in [0.3, 0.4) is 0 Å². The SMILES string of the molecule is C/C(=C\C[C@@]1(C)CC[C@@H](C(C)(C)O)[C@@H]1C=O)CC/C=C(\C)CO[Si](C)(C)C(C)(C)C. The average Bonchev–Trinajstić information content (AvgIpc) is 2.94. The Morgan fingerprint density at radius 1 is 1.13 bits per heavy atom. The Kier molecular flexibility index (Phi) is 9.35. The molecule has 3 nitrogen and oxygen atoms in total. The Labute approximate surface area is 187 Å². The van der Waals surface area contributed by atoms with Crippen molar-refractivity contribution in [2.45, 2.75) is 111 Å². The third-order valence-electron chi connectivity index (χ3n) is 7.73. The van der Waals surface area contributed by atoms with Crippen molar-refractivity contribution in [3.05, 3.63) is 23.3 Å². The Balaban J connectivity index is 2.58. The van der Waals surface area contributed by atoms with Crippen LogP contribution in [0, 0.1) is 17.3 Å². The van der Waals surface area contributed by atoms with E-state index in [-0.39, 0.29) is 22.3 Å². The lowest BCUT2D eigenvalue weighted by atomic mass is 9.71. The van der Waals surface area contributed by atoms with Crippen LogP contribution < -0.4 is 0 Å². The third-order valence-corrected chi connectivity index (χ3v) is 12.2. The number of aldehydes is 1. The summed E-state index contributed by atoms with van der Waals surface area (Å²) < 4.78 is 6.31. The molecule has 0 aromatic carbocycles. The molecule has 1 N–H and O–H groups in total. The normalized spacial score (nSPS) is 26.9. The van der Waals surface area contributed by atoms with Crippen LogP contribution in [0.1, 0.15) is 87.5 Å². The maximum absolute atomic E-state index is 11.8. The van der Waals surface area contributed by atoms with Crippen LogP contribution in [0.25, 0.3) is 0 Å². The summed E-state index contributed by atoms with van der Waals surface area (Å²) in [5.41, 5.74) is 1.85. The van der Waals surface area contributed by atoms with Crippen molar-refractivity contribution in [1.82, 2.24) is 0 Å². The summed E-state index contributed by atoms with van der Waals surface area (Å²) in [6.07, 6.45) is 10.6. The standard InChI is InChI=1S/C26H48O3Si/c1-20(12-11-13-21(2)19-29-30(9,10)24(3,4)5)14-16-26(8)17-15-22(23(26)18-27)25(6,7)28/h13-14,18,22-23,28H,11-12,15-17,19H2,1-10H3/b20-14+,21-13+/t22-,23+,26+/m1/s1. The molecule has 174 valence electrons. The van der Waals surface area contributed by atoms with Crippen molar-refractivity contribution in [2.24, 2.45) is 17.3 Å². The molecule has 3 atom stereocenters. The number of carbonyl (C=O) groups is 1. The average molecular weight is 437 g/mol. The van der Waals surface area contributed by atoms with E-state index < -0.39 is 13.9 Å². The highest BCUT2D eigenvalue weighted by Gasteiger charge is 2.49. The molecule has 0 unspecified atom stereocenters. The number of aliphatic hydroxyl groups is 1. The monoisotopic (exact) mass is 436 g/mol. The quantitative estimate of drug-likeness (QED) is 0.226. The zero-order valence-corrected chi connectivity index (χ0v) is 22.4. The molecule has 0 amide bonds. The van der Waals surface area contributed by atoms with Gasteiger partial charge in [-0.25, -0.2) is 0 Å². The Hall–Kier alpha value is -0.713. The number of carbonyl (C=O) groups excluding carboxylic acids is 1. The van der Waals surface area contributed by atoms with Crippen molar-refractivity contribution < 1.29 is 14.3 Å². The second-order valence-corrected chi connectivity index (χ2v) is 16.8. The Morgan fingerprint density at radius 3 is 2.23 bits per heavy atom. The van der Waals surface area contributed by atoms with Gasteiger partial charge >= 0.3 is 0 Å². The van der Waals surface area contributed by atoms with Gasteiger partial charge in [-0.05, 0) is 89.3 Å². The zero-order valence-electron chi connectivity index (χ0n) is 21.4. The van der Waals surface area contributed by atoms with E-state index in [0.717, 1.165) is 45.0 Å². The summed E-state index contributed by atoms with van der Waals surface area (Å²) in [5.74, 6) is -0.0173. The number of hydrogen-bond donors (Lipinski definition) is 1. The number of rotatable bonds is 10. The lowest BCUT2D eigenvalue weighted by Gasteiger charge is -2.36. The van der Waals surface area contributed by atoms with E-state index in [2.05, 4.69) is 66.8 Å². The zero-order chi connectivity index (χ0) is 23.4.